The summed E-state index contributed by atoms with van der Waals surface area (Å²) in [6.45, 7) is 9.62. The van der Waals surface area contributed by atoms with E-state index >= 15 is 0 Å². The van der Waals surface area contributed by atoms with Crippen molar-refractivity contribution in [2.45, 2.75) is 45.6 Å². The molecular formula is C24H28N2O. The van der Waals surface area contributed by atoms with E-state index in [2.05, 4.69) is 57.0 Å². The zero-order valence-corrected chi connectivity index (χ0v) is 16.9. The van der Waals surface area contributed by atoms with Crippen molar-refractivity contribution in [2.75, 3.05) is 23.4 Å². The van der Waals surface area contributed by atoms with Crippen LogP contribution in [-0.2, 0) is 4.79 Å². The lowest BCUT2D eigenvalue weighted by atomic mass is 9.80. The molecule has 0 saturated heterocycles. The van der Waals surface area contributed by atoms with E-state index in [1.807, 2.05) is 36.1 Å². The third-order valence-electron chi connectivity index (χ3n) is 6.25. The Morgan fingerprint density at radius 3 is 2.63 bits per heavy atom. The summed E-state index contributed by atoms with van der Waals surface area (Å²) >= 11 is 0. The molecule has 0 spiro atoms. The average molecular weight is 361 g/mol. The molecule has 2 heterocycles. The van der Waals surface area contributed by atoms with Gasteiger partial charge < -0.3 is 9.80 Å². The van der Waals surface area contributed by atoms with Crippen molar-refractivity contribution in [3.63, 3.8) is 0 Å². The number of hydrogen-bond acceptors (Lipinski definition) is 2. The highest BCUT2D eigenvalue weighted by Gasteiger charge is 2.34. The Balaban J connectivity index is 1.78. The molecular weight excluding hydrogens is 332 g/mol. The first kappa shape index (κ1) is 17.8. The minimum Gasteiger partial charge on any atom is -0.369 e. The Labute approximate surface area is 162 Å². The lowest BCUT2D eigenvalue weighted by Gasteiger charge is -2.45. The van der Waals surface area contributed by atoms with Crippen molar-refractivity contribution in [2.24, 2.45) is 0 Å². The zero-order valence-electron chi connectivity index (χ0n) is 16.9. The van der Waals surface area contributed by atoms with Gasteiger partial charge in [0.15, 0.2) is 0 Å². The van der Waals surface area contributed by atoms with Crippen LogP contribution in [0.1, 0.15) is 56.7 Å². The van der Waals surface area contributed by atoms with Gasteiger partial charge >= 0.3 is 0 Å². The molecule has 140 valence electrons. The van der Waals surface area contributed by atoms with Gasteiger partial charge in [0.1, 0.15) is 0 Å². The highest BCUT2D eigenvalue weighted by Crippen LogP contribution is 2.43. The number of carbonyl (C=O) groups excluding carboxylic acids is 1. The highest BCUT2D eigenvalue weighted by atomic mass is 16.2. The minimum atomic E-state index is 0.0997. The molecule has 3 heteroatoms. The number of nitrogens with zero attached hydrogens (tertiary/aromatic N) is 2. The fourth-order valence-electron chi connectivity index (χ4n) is 4.61. The van der Waals surface area contributed by atoms with E-state index in [0.29, 0.717) is 12.5 Å². The van der Waals surface area contributed by atoms with Crippen LogP contribution in [0.15, 0.2) is 42.5 Å². The minimum absolute atomic E-state index is 0.0997. The van der Waals surface area contributed by atoms with Gasteiger partial charge in [0, 0.05) is 36.0 Å². The number of amides is 1. The van der Waals surface area contributed by atoms with Crippen LogP contribution < -0.4 is 9.80 Å². The SMILES string of the molecule is CCN1C(=O)C(=Cc2ccc3c(c2)C(C)CC(C)(C)N3C)c2ccccc21. The van der Waals surface area contributed by atoms with Gasteiger partial charge in [0.05, 0.1) is 5.69 Å². The second-order valence-electron chi connectivity index (χ2n) is 8.42. The topological polar surface area (TPSA) is 23.6 Å². The Morgan fingerprint density at radius 1 is 1.15 bits per heavy atom. The van der Waals surface area contributed by atoms with Crippen LogP contribution in [0.4, 0.5) is 11.4 Å². The Kier molecular flexibility index (Phi) is 4.14. The van der Waals surface area contributed by atoms with Crippen molar-refractivity contribution >= 4 is 28.9 Å². The van der Waals surface area contributed by atoms with Crippen LogP contribution in [0.5, 0.6) is 0 Å². The van der Waals surface area contributed by atoms with Crippen LogP contribution in [0.2, 0.25) is 0 Å². The molecule has 1 amide bonds. The molecule has 0 aromatic heterocycles. The van der Waals surface area contributed by atoms with Gasteiger partial charge in [0.25, 0.3) is 5.91 Å². The lowest BCUT2D eigenvalue weighted by molar-refractivity contribution is -0.112. The van der Waals surface area contributed by atoms with Crippen LogP contribution >= 0.6 is 0 Å². The van der Waals surface area contributed by atoms with Gasteiger partial charge in [-0.05, 0) is 68.5 Å². The van der Waals surface area contributed by atoms with Gasteiger partial charge in [-0.2, -0.15) is 0 Å². The highest BCUT2D eigenvalue weighted by molar-refractivity contribution is 6.35. The van der Waals surface area contributed by atoms with E-state index in [9.17, 15) is 4.79 Å². The molecule has 0 fully saturated rings. The Hall–Kier alpha value is -2.55. The first-order chi connectivity index (χ1) is 12.8. The Bertz CT molecular complexity index is 941. The molecule has 0 bridgehead atoms. The second-order valence-corrected chi connectivity index (χ2v) is 8.42. The summed E-state index contributed by atoms with van der Waals surface area (Å²) < 4.78 is 0. The average Bonchev–Trinajstić information content (AvgIpc) is 2.91. The van der Waals surface area contributed by atoms with Gasteiger partial charge in [-0.15, -0.1) is 0 Å². The summed E-state index contributed by atoms with van der Waals surface area (Å²) in [4.78, 5) is 17.2. The molecule has 27 heavy (non-hydrogen) atoms. The summed E-state index contributed by atoms with van der Waals surface area (Å²) in [6, 6.07) is 14.7. The number of rotatable bonds is 2. The summed E-state index contributed by atoms with van der Waals surface area (Å²) in [5.41, 5.74) is 6.78. The summed E-state index contributed by atoms with van der Waals surface area (Å²) in [5, 5.41) is 0. The van der Waals surface area contributed by atoms with Crippen molar-refractivity contribution in [1.82, 2.24) is 0 Å². The molecule has 0 radical (unpaired) electrons. The number of hydrogen-bond donors (Lipinski definition) is 0. The van der Waals surface area contributed by atoms with Gasteiger partial charge in [-0.3, -0.25) is 4.79 Å². The molecule has 0 N–H and O–H groups in total. The monoisotopic (exact) mass is 360 g/mol. The molecule has 3 nitrogen and oxygen atoms in total. The van der Waals surface area contributed by atoms with Gasteiger partial charge in [-0.1, -0.05) is 31.2 Å². The third-order valence-corrected chi connectivity index (χ3v) is 6.25. The molecule has 0 saturated carbocycles. The smallest absolute Gasteiger partial charge is 0.258 e. The normalized spacial score (nSPS) is 22.2. The summed E-state index contributed by atoms with van der Waals surface area (Å²) in [5.74, 6) is 0.603. The first-order valence-electron chi connectivity index (χ1n) is 9.84. The molecule has 2 aromatic rings. The Morgan fingerprint density at radius 2 is 1.89 bits per heavy atom. The van der Waals surface area contributed by atoms with E-state index in [1.165, 1.54) is 11.3 Å². The summed E-state index contributed by atoms with van der Waals surface area (Å²) in [7, 11) is 2.18. The largest absolute Gasteiger partial charge is 0.369 e. The second kappa shape index (κ2) is 6.26. The molecule has 0 aliphatic carbocycles. The predicted octanol–water partition coefficient (Wildman–Crippen LogP) is 5.32. The number of likely N-dealkylation sites (N-methyl/N-ethyl adjacent to an activating group) is 1. The molecule has 1 atom stereocenters. The number of benzene rings is 2. The van der Waals surface area contributed by atoms with Crippen LogP contribution in [0.3, 0.4) is 0 Å². The van der Waals surface area contributed by atoms with Crippen molar-refractivity contribution in [3.8, 4) is 0 Å². The van der Waals surface area contributed by atoms with Crippen LogP contribution in [-0.4, -0.2) is 25.0 Å². The molecule has 2 aliphatic rings. The quantitative estimate of drug-likeness (QED) is 0.677. The molecule has 4 rings (SSSR count). The predicted molar refractivity (Wildman–Crippen MR) is 114 cm³/mol. The van der Waals surface area contributed by atoms with E-state index in [4.69, 9.17) is 0 Å². The summed E-state index contributed by atoms with van der Waals surface area (Å²) in [6.07, 6.45) is 3.19. The number of para-hydroxylation sites is 1. The standard InChI is InChI=1S/C24H28N2O/c1-6-26-22-10-8-7-9-18(22)20(23(26)27)14-17-11-12-21-19(13-17)16(2)15-24(3,4)25(21)5/h7-14,16H,6,15H2,1-5H3. The third kappa shape index (κ3) is 2.77. The van der Waals surface area contributed by atoms with E-state index in [1.54, 1.807) is 0 Å². The van der Waals surface area contributed by atoms with Crippen LogP contribution in [0, 0.1) is 0 Å². The van der Waals surface area contributed by atoms with Gasteiger partial charge in [-0.25, -0.2) is 0 Å². The van der Waals surface area contributed by atoms with E-state index < -0.39 is 0 Å². The van der Waals surface area contributed by atoms with E-state index in [-0.39, 0.29) is 11.4 Å². The molecule has 1 unspecified atom stereocenters. The maximum Gasteiger partial charge on any atom is 0.258 e. The van der Waals surface area contributed by atoms with Crippen molar-refractivity contribution in [1.29, 1.82) is 0 Å². The van der Waals surface area contributed by atoms with Crippen molar-refractivity contribution < 1.29 is 4.79 Å². The van der Waals surface area contributed by atoms with Crippen LogP contribution in [0.25, 0.3) is 11.6 Å². The number of carbonyl (C=O) groups is 1. The maximum absolute atomic E-state index is 12.9. The van der Waals surface area contributed by atoms with Gasteiger partial charge in [0.2, 0.25) is 0 Å². The first-order valence-corrected chi connectivity index (χ1v) is 9.84. The zero-order chi connectivity index (χ0) is 19.3. The van der Waals surface area contributed by atoms with Crippen molar-refractivity contribution in [3.05, 3.63) is 59.2 Å². The van der Waals surface area contributed by atoms with E-state index in [0.717, 1.165) is 28.8 Å². The fourth-order valence-corrected chi connectivity index (χ4v) is 4.61. The number of fused-ring (bicyclic) bond motifs is 2. The maximum atomic E-state index is 12.9. The fraction of sp³-hybridized carbons (Fsp3) is 0.375. The lowest BCUT2D eigenvalue weighted by Crippen LogP contribution is -2.45. The molecule has 2 aromatic carbocycles. The number of anilines is 2. The molecule has 2 aliphatic heterocycles.